The second kappa shape index (κ2) is 210. The molecule has 0 rings (SSSR count). The van der Waals surface area contributed by atoms with Gasteiger partial charge in [-0.25, -0.2) is 0 Å². The van der Waals surface area contributed by atoms with Crippen molar-refractivity contribution in [1.82, 2.24) is 0 Å². The van der Waals surface area contributed by atoms with Crippen LogP contribution in [0.4, 0.5) is 0 Å². The highest BCUT2D eigenvalue weighted by Gasteiger charge is 1.94. The van der Waals surface area contributed by atoms with E-state index in [9.17, 15) is 8.42 Å². The number of rotatable bonds is 4. The van der Waals surface area contributed by atoms with Crippen LogP contribution in [0.1, 0.15) is 13.8 Å². The van der Waals surface area contributed by atoms with Crippen molar-refractivity contribution in [3.8, 4) is 0 Å². The molecule has 0 aromatic carbocycles. The lowest BCUT2D eigenvalue weighted by molar-refractivity contribution is 0.162. The van der Waals surface area contributed by atoms with Crippen LogP contribution in [-0.4, -0.2) is 56.7 Å². The normalized spacial score (nSPS) is 5.61. The Morgan fingerprint density at radius 3 is 0.710 bits per heavy atom. The zero-order chi connectivity index (χ0) is 28.7. The number of aliphatic hydroxyl groups is 2. The fourth-order valence-electron chi connectivity index (χ4n) is 0.204. The molecule has 0 aliphatic heterocycles. The summed E-state index contributed by atoms with van der Waals surface area (Å²) in [5, 5.41) is 15.2. The molecule has 0 saturated carbocycles. The first-order chi connectivity index (χ1) is 14.9. The van der Waals surface area contributed by atoms with Crippen LogP contribution in [0.5, 0.6) is 0 Å². The highest BCUT2D eigenvalue weighted by Crippen LogP contribution is 1.74. The van der Waals surface area contributed by atoms with Gasteiger partial charge < -0.3 is 14.9 Å². The molecule has 0 bridgehead atoms. The molecule has 0 radical (unpaired) electrons. The summed E-state index contributed by atoms with van der Waals surface area (Å²) >= 11 is 0. The van der Waals surface area contributed by atoms with E-state index in [1.54, 1.807) is 0 Å². The summed E-state index contributed by atoms with van der Waals surface area (Å²) in [6.45, 7) is 53.4. The third-order valence-electron chi connectivity index (χ3n) is 0.719. The Bertz CT molecular complexity index is 258. The molecule has 0 unspecified atom stereocenters. The van der Waals surface area contributed by atoms with Gasteiger partial charge in [0.15, 0.2) is 0 Å². The molecule has 0 heterocycles. The fraction of sp³-hybridized carbons (Fsp3) is 0.304. The van der Waals surface area contributed by atoms with Gasteiger partial charge in [0.25, 0.3) is 0 Å². The Kier molecular flexibility index (Phi) is 477. The smallest absolute Gasteiger partial charge is 0.394 e. The number of hydrogen-bond acceptors (Lipinski definition) is 6. The van der Waals surface area contributed by atoms with Crippen molar-refractivity contribution in [1.29, 1.82) is 0 Å². The largest absolute Gasteiger partial charge is 0.397 e. The van der Waals surface area contributed by atoms with Crippen LogP contribution in [0.25, 0.3) is 0 Å². The van der Waals surface area contributed by atoms with Gasteiger partial charge in [-0.05, 0) is 13.8 Å². The first-order valence-electron chi connectivity index (χ1n) is 8.21. The van der Waals surface area contributed by atoms with Gasteiger partial charge in [-0.1, -0.05) is 0 Å². The second-order valence-electron chi connectivity index (χ2n) is 1.82. The van der Waals surface area contributed by atoms with Crippen LogP contribution in [0.2, 0.25) is 0 Å². The monoisotopic (exact) mass is 472 g/mol. The van der Waals surface area contributed by atoms with Gasteiger partial charge >= 0.3 is 10.4 Å². The minimum absolute atomic E-state index is 0.125. The van der Waals surface area contributed by atoms with Crippen molar-refractivity contribution in [2.75, 3.05) is 33.5 Å². The predicted molar refractivity (Wildman–Crippen MR) is 145 cm³/mol. The van der Waals surface area contributed by atoms with Crippen molar-refractivity contribution in [3.63, 3.8) is 0 Å². The zero-order valence-electron chi connectivity index (χ0n) is 20.5. The van der Waals surface area contributed by atoms with Crippen LogP contribution in [-0.2, 0) is 19.3 Å². The van der Waals surface area contributed by atoms with Gasteiger partial charge in [0, 0.05) is 13.2 Å². The minimum atomic E-state index is -4.16. The lowest BCUT2D eigenvalue weighted by Crippen LogP contribution is -1.96. The summed E-state index contributed by atoms with van der Waals surface area (Å²) in [5.74, 6) is 0. The van der Waals surface area contributed by atoms with E-state index in [0.29, 0.717) is 0 Å². The summed E-state index contributed by atoms with van der Waals surface area (Å²) in [6, 6.07) is 0. The van der Waals surface area contributed by atoms with Crippen molar-refractivity contribution in [2.24, 2.45) is 0 Å². The average Bonchev–Trinajstić information content (AvgIpc) is 2.89. The summed E-state index contributed by atoms with van der Waals surface area (Å²) in [6.07, 6.45) is 0. The summed E-state index contributed by atoms with van der Waals surface area (Å²) < 4.78 is 34.5. The first kappa shape index (κ1) is 70.3. The van der Waals surface area contributed by atoms with E-state index in [1.807, 2.05) is 13.8 Å². The Balaban J connectivity index is -0.0000000165. The predicted octanol–water partition coefficient (Wildman–Crippen LogP) is 5.87. The number of aliphatic hydroxyl groups excluding tert-OH is 2. The number of hydrogen-bond donors (Lipinski definition) is 3. The first-order valence-corrected chi connectivity index (χ1v) is 9.58. The molecular weight excluding hydrogens is 420 g/mol. The van der Waals surface area contributed by atoms with E-state index < -0.39 is 10.4 Å². The van der Waals surface area contributed by atoms with Gasteiger partial charge in [-0.15, -0.1) is 105 Å². The molecule has 8 heteroatoms. The molecule has 0 aliphatic rings. The zero-order valence-corrected chi connectivity index (χ0v) is 21.3. The maximum atomic E-state index is 9.33. The molecule has 0 aliphatic carbocycles. The highest BCUT2D eigenvalue weighted by molar-refractivity contribution is 7.80. The molecule has 0 spiro atoms. The van der Waals surface area contributed by atoms with Gasteiger partial charge in [-0.3, -0.25) is 8.74 Å². The molecule has 0 fully saturated rings. The summed E-state index contributed by atoms with van der Waals surface area (Å²) in [4.78, 5) is 0. The third kappa shape index (κ3) is 1350. The van der Waals surface area contributed by atoms with E-state index in [0.717, 1.165) is 20.3 Å². The van der Waals surface area contributed by atoms with Crippen LogP contribution in [0, 0.1) is 0 Å². The van der Waals surface area contributed by atoms with Crippen LogP contribution >= 0.6 is 0 Å². The van der Waals surface area contributed by atoms with Crippen LogP contribution in [0.15, 0.2) is 105 Å². The van der Waals surface area contributed by atoms with Gasteiger partial charge in [0.2, 0.25) is 0 Å². The van der Waals surface area contributed by atoms with E-state index in [4.69, 9.17) is 19.5 Å². The third-order valence-corrected chi connectivity index (χ3v) is 1.14. The quantitative estimate of drug-likeness (QED) is 0.346. The molecule has 0 aromatic heterocycles. The molecule has 0 atom stereocenters. The van der Waals surface area contributed by atoms with E-state index in [-0.39, 0.29) is 13.2 Å². The molecule has 31 heavy (non-hydrogen) atoms. The standard InChI is InChI=1S/C4H10O.C2H6O2.8C2H4.CH4O4S/c1-3-5-4-2;3-1-2-4;8*1-2;1-5-6(2,3)4/h3-4H2,1-2H3;3-4H,1-2H2;8*1-2H2;1H3,(H,2,3,4). The maximum Gasteiger partial charge on any atom is 0.397 e. The van der Waals surface area contributed by atoms with E-state index in [2.05, 4.69) is 109 Å². The Labute approximate surface area is 195 Å². The fourth-order valence-corrected chi connectivity index (χ4v) is 0.204. The summed E-state index contributed by atoms with van der Waals surface area (Å²) in [5.41, 5.74) is 0. The maximum absolute atomic E-state index is 9.33. The van der Waals surface area contributed by atoms with Gasteiger partial charge in [0.05, 0.1) is 20.3 Å². The molecule has 0 aromatic rings. The van der Waals surface area contributed by atoms with Crippen LogP contribution < -0.4 is 0 Å². The van der Waals surface area contributed by atoms with Crippen LogP contribution in [0.3, 0.4) is 0 Å². The van der Waals surface area contributed by atoms with E-state index >= 15 is 0 Å². The van der Waals surface area contributed by atoms with E-state index in [1.165, 1.54) is 0 Å². The SMILES string of the molecule is C=C.C=C.C=C.C=C.C=C.C=C.C=C.C=C.CCOCC.COS(=O)(=O)O.OCCO. The van der Waals surface area contributed by atoms with Gasteiger partial charge in [0.1, 0.15) is 0 Å². The topological polar surface area (TPSA) is 113 Å². The highest BCUT2D eigenvalue weighted by atomic mass is 32.3. The Morgan fingerprint density at radius 1 is 0.581 bits per heavy atom. The van der Waals surface area contributed by atoms with Crippen molar-refractivity contribution in [3.05, 3.63) is 105 Å². The van der Waals surface area contributed by atoms with Gasteiger partial charge in [-0.2, -0.15) is 8.42 Å². The lowest BCUT2D eigenvalue weighted by Gasteiger charge is -1.86. The minimum Gasteiger partial charge on any atom is -0.394 e. The second-order valence-corrected chi connectivity index (χ2v) is 3.01. The van der Waals surface area contributed by atoms with Crippen molar-refractivity contribution < 1.29 is 32.1 Å². The Hall–Kier alpha value is -2.33. The van der Waals surface area contributed by atoms with Crippen molar-refractivity contribution in [2.45, 2.75) is 13.8 Å². The molecule has 192 valence electrons. The molecule has 7 nitrogen and oxygen atoms in total. The summed E-state index contributed by atoms with van der Waals surface area (Å²) in [7, 11) is -3.29. The van der Waals surface area contributed by atoms with Crippen molar-refractivity contribution >= 4 is 10.4 Å². The molecule has 0 saturated heterocycles. The average molecular weight is 473 g/mol. The molecule has 0 amide bonds. The lowest BCUT2D eigenvalue weighted by atomic mass is 10.8. The molecule has 3 N–H and O–H groups in total. The number of ether oxygens (including phenoxy) is 1. The molecular formula is C23H52O7S. The Morgan fingerprint density at radius 2 is 0.710 bits per heavy atom.